The van der Waals surface area contributed by atoms with E-state index in [1.54, 1.807) is 36.7 Å². The molecule has 6 heteroatoms. The van der Waals surface area contributed by atoms with Gasteiger partial charge < -0.3 is 5.32 Å². The molecule has 0 bridgehead atoms. The number of nitrogens with zero attached hydrogens (tertiary/aromatic N) is 1. The molecule has 2 aromatic rings. The fraction of sp³-hybridized carbons (Fsp3) is 0.0769. The third-order valence-electron chi connectivity index (χ3n) is 2.42. The molecular formula is C13H11Cl2N3O. The summed E-state index contributed by atoms with van der Waals surface area (Å²) in [6.07, 6.45) is 6.35. The first-order valence-corrected chi connectivity index (χ1v) is 6.30. The summed E-state index contributed by atoms with van der Waals surface area (Å²) in [6, 6.07) is 5.19. The standard InChI is InChI=1S/C13H11Cl2N3O/c14-11-2-1-3-12(15)10(11)4-5-13(19)16-6-9-7-17-18-8-9/h1-5,7-8H,6H2,(H,16,19)(H,17,18)/b5-4+. The van der Waals surface area contributed by atoms with Gasteiger partial charge in [-0.2, -0.15) is 5.10 Å². The fourth-order valence-corrected chi connectivity index (χ4v) is 1.97. The number of carbonyl (C=O) groups excluding carboxylic acids is 1. The Morgan fingerprint density at radius 1 is 1.37 bits per heavy atom. The average Bonchev–Trinajstić information content (AvgIpc) is 2.89. The Bertz CT molecular complexity index is 574. The minimum Gasteiger partial charge on any atom is -0.348 e. The summed E-state index contributed by atoms with van der Waals surface area (Å²) in [5.41, 5.74) is 1.53. The maximum atomic E-state index is 11.6. The van der Waals surface area contributed by atoms with Crippen molar-refractivity contribution in [2.45, 2.75) is 6.54 Å². The van der Waals surface area contributed by atoms with Gasteiger partial charge in [-0.05, 0) is 18.2 Å². The van der Waals surface area contributed by atoms with Crippen LogP contribution in [0, 0.1) is 0 Å². The molecule has 1 amide bonds. The Morgan fingerprint density at radius 3 is 2.74 bits per heavy atom. The van der Waals surface area contributed by atoms with Crippen LogP contribution in [0.2, 0.25) is 10.0 Å². The lowest BCUT2D eigenvalue weighted by Crippen LogP contribution is -2.19. The van der Waals surface area contributed by atoms with Gasteiger partial charge in [-0.25, -0.2) is 0 Å². The van der Waals surface area contributed by atoms with Crippen LogP contribution in [0.25, 0.3) is 6.08 Å². The second kappa shape index (κ2) is 6.41. The van der Waals surface area contributed by atoms with E-state index in [4.69, 9.17) is 23.2 Å². The number of aromatic amines is 1. The van der Waals surface area contributed by atoms with Crippen LogP contribution in [-0.2, 0) is 11.3 Å². The number of nitrogens with one attached hydrogen (secondary N) is 2. The number of hydrogen-bond donors (Lipinski definition) is 2. The van der Waals surface area contributed by atoms with E-state index in [0.717, 1.165) is 5.56 Å². The van der Waals surface area contributed by atoms with Crippen LogP contribution in [0.3, 0.4) is 0 Å². The van der Waals surface area contributed by atoms with E-state index in [2.05, 4.69) is 15.5 Å². The van der Waals surface area contributed by atoms with Crippen LogP contribution < -0.4 is 5.32 Å². The summed E-state index contributed by atoms with van der Waals surface area (Å²) >= 11 is 12.0. The Labute approximate surface area is 120 Å². The topological polar surface area (TPSA) is 57.8 Å². The molecule has 0 atom stereocenters. The molecule has 0 saturated carbocycles. The van der Waals surface area contributed by atoms with Gasteiger partial charge in [0, 0.05) is 40.0 Å². The number of rotatable bonds is 4. The Kier molecular flexibility index (Phi) is 4.60. The summed E-state index contributed by atoms with van der Waals surface area (Å²) in [5, 5.41) is 10.2. The van der Waals surface area contributed by atoms with E-state index < -0.39 is 0 Å². The van der Waals surface area contributed by atoms with Gasteiger partial charge in [0.2, 0.25) is 5.91 Å². The molecule has 0 aliphatic carbocycles. The number of aromatic nitrogens is 2. The highest BCUT2D eigenvalue weighted by atomic mass is 35.5. The monoisotopic (exact) mass is 295 g/mol. The first-order valence-electron chi connectivity index (χ1n) is 5.54. The van der Waals surface area contributed by atoms with E-state index in [1.165, 1.54) is 6.08 Å². The number of carbonyl (C=O) groups is 1. The van der Waals surface area contributed by atoms with Crippen molar-refractivity contribution in [1.29, 1.82) is 0 Å². The smallest absolute Gasteiger partial charge is 0.244 e. The van der Waals surface area contributed by atoms with E-state index in [9.17, 15) is 4.79 Å². The quantitative estimate of drug-likeness (QED) is 0.852. The molecule has 2 N–H and O–H groups in total. The molecule has 4 nitrogen and oxygen atoms in total. The molecule has 0 aliphatic heterocycles. The molecule has 0 spiro atoms. The van der Waals surface area contributed by atoms with Crippen molar-refractivity contribution in [2.24, 2.45) is 0 Å². The van der Waals surface area contributed by atoms with Crippen LogP contribution in [0.5, 0.6) is 0 Å². The average molecular weight is 296 g/mol. The Hall–Kier alpha value is -1.78. The lowest BCUT2D eigenvalue weighted by atomic mass is 10.2. The molecule has 1 aromatic heterocycles. The highest BCUT2D eigenvalue weighted by Gasteiger charge is 2.02. The second-order valence-corrected chi connectivity index (χ2v) is 4.61. The van der Waals surface area contributed by atoms with Crippen LogP contribution in [0.15, 0.2) is 36.7 Å². The largest absolute Gasteiger partial charge is 0.348 e. The van der Waals surface area contributed by atoms with Gasteiger partial charge >= 0.3 is 0 Å². The zero-order chi connectivity index (χ0) is 13.7. The third kappa shape index (κ3) is 3.84. The zero-order valence-corrected chi connectivity index (χ0v) is 11.4. The number of amides is 1. The van der Waals surface area contributed by atoms with E-state index >= 15 is 0 Å². The lowest BCUT2D eigenvalue weighted by molar-refractivity contribution is -0.116. The van der Waals surface area contributed by atoms with Gasteiger partial charge in [0.05, 0.1) is 6.20 Å². The van der Waals surface area contributed by atoms with E-state index in [1.807, 2.05) is 0 Å². The molecule has 98 valence electrons. The van der Waals surface area contributed by atoms with Crippen LogP contribution in [0.4, 0.5) is 0 Å². The SMILES string of the molecule is O=C(/C=C/c1c(Cl)cccc1Cl)NCc1cn[nH]c1. The summed E-state index contributed by atoms with van der Waals surface area (Å²) in [5.74, 6) is -0.225. The number of benzene rings is 1. The first-order chi connectivity index (χ1) is 9.16. The van der Waals surface area contributed by atoms with Gasteiger partial charge in [0.1, 0.15) is 0 Å². The van der Waals surface area contributed by atoms with Crippen LogP contribution in [-0.4, -0.2) is 16.1 Å². The van der Waals surface area contributed by atoms with Crippen LogP contribution >= 0.6 is 23.2 Å². The van der Waals surface area contributed by atoms with Gasteiger partial charge in [0.25, 0.3) is 0 Å². The lowest BCUT2D eigenvalue weighted by Gasteiger charge is -2.01. The Balaban J connectivity index is 1.96. The molecule has 1 aromatic carbocycles. The number of hydrogen-bond acceptors (Lipinski definition) is 2. The van der Waals surface area contributed by atoms with Gasteiger partial charge in [0.15, 0.2) is 0 Å². The van der Waals surface area contributed by atoms with Gasteiger partial charge in [-0.3, -0.25) is 9.89 Å². The van der Waals surface area contributed by atoms with Crippen molar-refractivity contribution < 1.29 is 4.79 Å². The zero-order valence-electron chi connectivity index (χ0n) is 9.86. The summed E-state index contributed by atoms with van der Waals surface area (Å²) in [7, 11) is 0. The second-order valence-electron chi connectivity index (χ2n) is 3.79. The molecule has 0 radical (unpaired) electrons. The van der Waals surface area contributed by atoms with Crippen LogP contribution in [0.1, 0.15) is 11.1 Å². The maximum Gasteiger partial charge on any atom is 0.244 e. The first kappa shape index (κ1) is 13.6. The normalized spacial score (nSPS) is 10.8. The predicted octanol–water partition coefficient (Wildman–Crippen LogP) is 3.05. The highest BCUT2D eigenvalue weighted by molar-refractivity contribution is 6.37. The Morgan fingerprint density at radius 2 is 2.11 bits per heavy atom. The van der Waals surface area contributed by atoms with Crippen molar-refractivity contribution in [3.05, 3.63) is 57.8 Å². The van der Waals surface area contributed by atoms with Crippen molar-refractivity contribution in [3.8, 4) is 0 Å². The molecular weight excluding hydrogens is 285 g/mol. The summed E-state index contributed by atoms with van der Waals surface area (Å²) in [4.78, 5) is 11.6. The minimum atomic E-state index is -0.225. The fourth-order valence-electron chi connectivity index (χ4n) is 1.45. The molecule has 0 aliphatic rings. The molecule has 0 saturated heterocycles. The van der Waals surface area contributed by atoms with Crippen molar-refractivity contribution in [3.63, 3.8) is 0 Å². The number of halogens is 2. The predicted molar refractivity (Wildman–Crippen MR) is 75.9 cm³/mol. The van der Waals surface area contributed by atoms with Crippen molar-refractivity contribution in [2.75, 3.05) is 0 Å². The van der Waals surface area contributed by atoms with Gasteiger partial charge in [-0.15, -0.1) is 0 Å². The summed E-state index contributed by atoms with van der Waals surface area (Å²) in [6.45, 7) is 0.413. The maximum absolute atomic E-state index is 11.6. The molecule has 0 unspecified atom stereocenters. The molecule has 2 rings (SSSR count). The molecule has 19 heavy (non-hydrogen) atoms. The summed E-state index contributed by atoms with van der Waals surface area (Å²) < 4.78 is 0. The molecule has 1 heterocycles. The minimum absolute atomic E-state index is 0.225. The van der Waals surface area contributed by atoms with Crippen molar-refractivity contribution in [1.82, 2.24) is 15.5 Å². The van der Waals surface area contributed by atoms with E-state index in [0.29, 0.717) is 22.2 Å². The van der Waals surface area contributed by atoms with E-state index in [-0.39, 0.29) is 5.91 Å². The van der Waals surface area contributed by atoms with Crippen molar-refractivity contribution >= 4 is 35.2 Å². The highest BCUT2D eigenvalue weighted by Crippen LogP contribution is 2.25. The third-order valence-corrected chi connectivity index (χ3v) is 3.08. The number of H-pyrrole nitrogens is 1. The van der Waals surface area contributed by atoms with Gasteiger partial charge in [-0.1, -0.05) is 29.3 Å². The molecule has 0 fully saturated rings.